The summed E-state index contributed by atoms with van der Waals surface area (Å²) in [6, 6.07) is 14.8. The van der Waals surface area contributed by atoms with Crippen LogP contribution in [0.3, 0.4) is 0 Å². The average molecular weight is 387 g/mol. The number of ketones is 1. The summed E-state index contributed by atoms with van der Waals surface area (Å²) in [4.78, 5) is 11.8. The van der Waals surface area contributed by atoms with Gasteiger partial charge in [0, 0.05) is 9.13 Å². The minimum atomic E-state index is -0.00994. The summed E-state index contributed by atoms with van der Waals surface area (Å²) in [5.74, 6) is -0.00994. The van der Waals surface area contributed by atoms with Crippen molar-refractivity contribution in [1.29, 1.82) is 0 Å². The molecule has 2 nitrogen and oxygen atoms in total. The maximum atomic E-state index is 11.8. The molecule has 0 saturated heterocycles. The van der Waals surface area contributed by atoms with Crippen LogP contribution in [-0.4, -0.2) is 12.4 Å². The Morgan fingerprint density at radius 3 is 2.58 bits per heavy atom. The normalized spacial score (nSPS) is 10.4. The van der Waals surface area contributed by atoms with Crippen LogP contribution in [0.4, 0.5) is 0 Å². The quantitative estimate of drug-likeness (QED) is 0.564. The van der Waals surface area contributed by atoms with E-state index in [0.29, 0.717) is 12.2 Å². The average Bonchev–Trinajstić information content (AvgIpc) is 2.43. The number of carbonyl (C=O) groups is 1. The van der Waals surface area contributed by atoms with Crippen LogP contribution in [0, 0.1) is 3.57 Å². The van der Waals surface area contributed by atoms with E-state index < -0.39 is 0 Å². The summed E-state index contributed by atoms with van der Waals surface area (Å²) in [6.45, 7) is 0.495. The lowest BCUT2D eigenvalue weighted by atomic mass is 10.1. The van der Waals surface area contributed by atoms with E-state index in [-0.39, 0.29) is 12.4 Å². The molecular formula is C15H12ClIO2. The largest absolute Gasteiger partial charge is 0.369 e. The predicted octanol–water partition coefficient (Wildman–Crippen LogP) is 4.34. The lowest BCUT2D eigenvalue weighted by molar-refractivity contribution is 0.0726. The number of Topliss-reactive ketones (excluding diaryl/α,β-unsaturated/α-hetero) is 1. The first-order valence-electron chi connectivity index (χ1n) is 5.77. The zero-order chi connectivity index (χ0) is 13.7. The molecule has 19 heavy (non-hydrogen) atoms. The monoisotopic (exact) mass is 386 g/mol. The van der Waals surface area contributed by atoms with Gasteiger partial charge in [-0.25, -0.2) is 0 Å². The molecule has 2 aromatic rings. The lowest BCUT2D eigenvalue weighted by Gasteiger charge is -2.05. The molecule has 0 aliphatic rings. The Hall–Kier alpha value is -0.910. The molecule has 0 atom stereocenters. The van der Waals surface area contributed by atoms with E-state index in [1.54, 1.807) is 12.1 Å². The molecule has 2 rings (SSSR count). The Morgan fingerprint density at radius 2 is 1.89 bits per heavy atom. The molecule has 0 bridgehead atoms. The van der Waals surface area contributed by atoms with Gasteiger partial charge in [-0.15, -0.1) is 0 Å². The highest BCUT2D eigenvalue weighted by Gasteiger charge is 2.05. The number of benzene rings is 2. The molecule has 98 valence electrons. The minimum Gasteiger partial charge on any atom is -0.369 e. The van der Waals surface area contributed by atoms with Crippen LogP contribution in [0.5, 0.6) is 0 Å². The van der Waals surface area contributed by atoms with E-state index in [0.717, 1.165) is 14.2 Å². The van der Waals surface area contributed by atoms with Crippen LogP contribution in [0.1, 0.15) is 15.9 Å². The summed E-state index contributed by atoms with van der Waals surface area (Å²) >= 11 is 8.11. The van der Waals surface area contributed by atoms with Gasteiger partial charge in [-0.2, -0.15) is 0 Å². The first-order chi connectivity index (χ1) is 9.16. The van der Waals surface area contributed by atoms with Gasteiger partial charge in [0.1, 0.15) is 6.61 Å². The van der Waals surface area contributed by atoms with E-state index in [9.17, 15) is 4.79 Å². The molecule has 0 aliphatic carbocycles. The van der Waals surface area contributed by atoms with Gasteiger partial charge in [-0.1, -0.05) is 48.0 Å². The highest BCUT2D eigenvalue weighted by atomic mass is 127. The van der Waals surface area contributed by atoms with Gasteiger partial charge in [-0.05, 0) is 40.3 Å². The van der Waals surface area contributed by atoms with Crippen molar-refractivity contribution >= 4 is 40.0 Å². The van der Waals surface area contributed by atoms with E-state index in [1.807, 2.05) is 36.4 Å². The second kappa shape index (κ2) is 7.03. The fraction of sp³-hybridized carbons (Fsp3) is 0.133. The molecular weight excluding hydrogens is 375 g/mol. The van der Waals surface area contributed by atoms with Gasteiger partial charge in [-0.3, -0.25) is 4.79 Å². The predicted molar refractivity (Wildman–Crippen MR) is 84.6 cm³/mol. The third kappa shape index (κ3) is 4.30. The van der Waals surface area contributed by atoms with Crippen LogP contribution in [0.2, 0.25) is 5.02 Å². The van der Waals surface area contributed by atoms with Crippen molar-refractivity contribution in [3.8, 4) is 0 Å². The Morgan fingerprint density at radius 1 is 1.16 bits per heavy atom. The van der Waals surface area contributed by atoms with Crippen LogP contribution in [-0.2, 0) is 11.3 Å². The van der Waals surface area contributed by atoms with E-state index >= 15 is 0 Å². The molecule has 0 N–H and O–H groups in total. The first-order valence-corrected chi connectivity index (χ1v) is 7.22. The molecule has 0 aromatic heterocycles. The van der Waals surface area contributed by atoms with Crippen molar-refractivity contribution < 1.29 is 9.53 Å². The molecule has 4 heteroatoms. The maximum Gasteiger partial charge on any atom is 0.188 e. The van der Waals surface area contributed by atoms with E-state index in [4.69, 9.17) is 16.3 Å². The van der Waals surface area contributed by atoms with Crippen molar-refractivity contribution in [2.75, 3.05) is 6.61 Å². The number of carbonyl (C=O) groups excluding carboxylic acids is 1. The number of ether oxygens (including phenoxy) is 1. The van der Waals surface area contributed by atoms with Gasteiger partial charge in [0.2, 0.25) is 0 Å². The van der Waals surface area contributed by atoms with Crippen LogP contribution < -0.4 is 0 Å². The van der Waals surface area contributed by atoms with Crippen LogP contribution >= 0.6 is 34.2 Å². The molecule has 0 unspecified atom stereocenters. The van der Waals surface area contributed by atoms with Gasteiger partial charge in [0.25, 0.3) is 0 Å². The van der Waals surface area contributed by atoms with Gasteiger partial charge < -0.3 is 4.74 Å². The van der Waals surface area contributed by atoms with Crippen molar-refractivity contribution in [2.24, 2.45) is 0 Å². The molecule has 0 aliphatic heterocycles. The molecule has 0 saturated carbocycles. The third-order valence-electron chi connectivity index (χ3n) is 2.58. The highest BCUT2D eigenvalue weighted by Crippen LogP contribution is 2.19. The summed E-state index contributed by atoms with van der Waals surface area (Å²) in [5.41, 5.74) is 1.68. The standard InChI is InChI=1S/C15H12ClIO2/c16-13-7-6-11(8-14(13)17)9-19-10-15(18)12-4-2-1-3-5-12/h1-8H,9-10H2. The van der Waals surface area contributed by atoms with Crippen molar-refractivity contribution in [3.63, 3.8) is 0 Å². The zero-order valence-electron chi connectivity index (χ0n) is 10.1. The topological polar surface area (TPSA) is 26.3 Å². The third-order valence-corrected chi connectivity index (χ3v) is 4.12. The van der Waals surface area contributed by atoms with Gasteiger partial charge in [0.05, 0.1) is 11.6 Å². The molecule has 0 fully saturated rings. The summed E-state index contributed by atoms with van der Waals surface area (Å²) in [5, 5.41) is 0.727. The summed E-state index contributed by atoms with van der Waals surface area (Å²) in [7, 11) is 0. The smallest absolute Gasteiger partial charge is 0.188 e. The van der Waals surface area contributed by atoms with E-state index in [1.165, 1.54) is 0 Å². The summed E-state index contributed by atoms with van der Waals surface area (Å²) < 4.78 is 6.42. The Balaban J connectivity index is 1.87. The molecule has 2 aromatic carbocycles. The fourth-order valence-electron chi connectivity index (χ4n) is 1.60. The van der Waals surface area contributed by atoms with Crippen LogP contribution in [0.15, 0.2) is 48.5 Å². The van der Waals surface area contributed by atoms with E-state index in [2.05, 4.69) is 22.6 Å². The summed E-state index contributed by atoms with van der Waals surface area (Å²) in [6.07, 6.45) is 0. The highest BCUT2D eigenvalue weighted by molar-refractivity contribution is 14.1. The fourth-order valence-corrected chi connectivity index (χ4v) is 2.30. The van der Waals surface area contributed by atoms with Crippen LogP contribution in [0.25, 0.3) is 0 Å². The number of rotatable bonds is 5. The molecule has 0 spiro atoms. The minimum absolute atomic E-state index is 0.00994. The second-order valence-corrected chi connectivity index (χ2v) is 5.60. The molecule has 0 amide bonds. The number of hydrogen-bond donors (Lipinski definition) is 0. The van der Waals surface area contributed by atoms with Gasteiger partial charge in [0.15, 0.2) is 5.78 Å². The van der Waals surface area contributed by atoms with Crippen molar-refractivity contribution in [2.45, 2.75) is 6.61 Å². The maximum absolute atomic E-state index is 11.8. The van der Waals surface area contributed by atoms with Gasteiger partial charge >= 0.3 is 0 Å². The van der Waals surface area contributed by atoms with Crippen molar-refractivity contribution in [1.82, 2.24) is 0 Å². The number of hydrogen-bond acceptors (Lipinski definition) is 2. The Kier molecular flexibility index (Phi) is 5.36. The first kappa shape index (κ1) is 14.5. The molecule has 0 heterocycles. The van der Waals surface area contributed by atoms with Crippen molar-refractivity contribution in [3.05, 3.63) is 68.3 Å². The second-order valence-electron chi connectivity index (χ2n) is 4.03. The molecule has 0 radical (unpaired) electrons. The lowest BCUT2D eigenvalue weighted by Crippen LogP contribution is -2.08. The Labute approximate surface area is 130 Å². The Bertz CT molecular complexity index is 570. The zero-order valence-corrected chi connectivity index (χ0v) is 13.0. The number of halogens is 2. The SMILES string of the molecule is O=C(COCc1ccc(Cl)c(I)c1)c1ccccc1.